The third-order valence-electron chi connectivity index (χ3n) is 2.71. The summed E-state index contributed by atoms with van der Waals surface area (Å²) in [4.78, 5) is 2.19. The number of nitriles is 1. The molecular formula is C15H14N2S2. The number of thioether (sulfide) groups is 2. The smallest absolute Gasteiger partial charge is 0.103 e. The van der Waals surface area contributed by atoms with Gasteiger partial charge in [0.25, 0.3) is 0 Å². The highest BCUT2D eigenvalue weighted by Gasteiger charge is 2.07. The standard InChI is InChI=1S/C15H14N2S2/c1-18-12-6-3-5-11(9-12)17-14-7-4-8-15(19-2)13(14)10-16/h3-9,17H,1-2H3. The van der Waals surface area contributed by atoms with E-state index in [0.717, 1.165) is 16.3 Å². The van der Waals surface area contributed by atoms with Gasteiger partial charge in [0.2, 0.25) is 0 Å². The van der Waals surface area contributed by atoms with Crippen LogP contribution in [0.2, 0.25) is 0 Å². The van der Waals surface area contributed by atoms with Gasteiger partial charge in [-0.25, -0.2) is 0 Å². The average Bonchev–Trinajstić information content (AvgIpc) is 2.47. The molecule has 0 saturated heterocycles. The highest BCUT2D eigenvalue weighted by atomic mass is 32.2. The van der Waals surface area contributed by atoms with E-state index in [1.807, 2.05) is 42.8 Å². The topological polar surface area (TPSA) is 35.8 Å². The van der Waals surface area contributed by atoms with Crippen LogP contribution in [0.5, 0.6) is 0 Å². The van der Waals surface area contributed by atoms with E-state index >= 15 is 0 Å². The van der Waals surface area contributed by atoms with Crippen molar-refractivity contribution >= 4 is 34.9 Å². The molecule has 0 saturated carbocycles. The van der Waals surface area contributed by atoms with Crippen LogP contribution >= 0.6 is 23.5 Å². The number of hydrogen-bond donors (Lipinski definition) is 1. The van der Waals surface area contributed by atoms with Crippen LogP contribution in [0.25, 0.3) is 0 Å². The maximum absolute atomic E-state index is 9.30. The van der Waals surface area contributed by atoms with E-state index < -0.39 is 0 Å². The lowest BCUT2D eigenvalue weighted by molar-refractivity contribution is 1.35. The van der Waals surface area contributed by atoms with E-state index in [-0.39, 0.29) is 0 Å². The fourth-order valence-electron chi connectivity index (χ4n) is 1.78. The van der Waals surface area contributed by atoms with Crippen LogP contribution in [0.1, 0.15) is 5.56 Å². The van der Waals surface area contributed by atoms with Crippen molar-refractivity contribution in [3.05, 3.63) is 48.0 Å². The van der Waals surface area contributed by atoms with Crippen LogP contribution in [0.4, 0.5) is 11.4 Å². The molecule has 2 rings (SSSR count). The van der Waals surface area contributed by atoms with Crippen LogP contribution in [0.15, 0.2) is 52.3 Å². The molecule has 0 radical (unpaired) electrons. The molecule has 0 bridgehead atoms. The average molecular weight is 286 g/mol. The second-order valence-corrected chi connectivity index (χ2v) is 5.58. The van der Waals surface area contributed by atoms with Gasteiger partial charge in [0.15, 0.2) is 0 Å². The minimum Gasteiger partial charge on any atom is -0.354 e. The molecule has 4 heteroatoms. The third-order valence-corrected chi connectivity index (χ3v) is 4.21. The Morgan fingerprint density at radius 3 is 2.53 bits per heavy atom. The highest BCUT2D eigenvalue weighted by molar-refractivity contribution is 7.98. The van der Waals surface area contributed by atoms with Gasteiger partial charge in [0.05, 0.1) is 11.3 Å². The van der Waals surface area contributed by atoms with Gasteiger partial charge in [0.1, 0.15) is 6.07 Å². The summed E-state index contributed by atoms with van der Waals surface area (Å²) in [6.07, 6.45) is 4.03. The lowest BCUT2D eigenvalue weighted by Gasteiger charge is -2.11. The van der Waals surface area contributed by atoms with Crippen LogP contribution < -0.4 is 5.32 Å². The van der Waals surface area contributed by atoms with Gasteiger partial charge in [-0.1, -0.05) is 12.1 Å². The molecule has 0 aromatic heterocycles. The number of nitrogens with one attached hydrogen (secondary N) is 1. The molecule has 0 spiro atoms. The first kappa shape index (κ1) is 13.9. The summed E-state index contributed by atoms with van der Waals surface area (Å²) in [7, 11) is 0. The number of anilines is 2. The van der Waals surface area contributed by atoms with E-state index in [1.54, 1.807) is 23.5 Å². The van der Waals surface area contributed by atoms with Crippen molar-refractivity contribution in [3.8, 4) is 6.07 Å². The first-order valence-electron chi connectivity index (χ1n) is 5.76. The number of benzene rings is 2. The molecule has 0 aliphatic rings. The summed E-state index contributed by atoms with van der Waals surface area (Å²) in [5.74, 6) is 0. The molecular weight excluding hydrogens is 272 g/mol. The predicted molar refractivity (Wildman–Crippen MR) is 84.4 cm³/mol. The van der Waals surface area contributed by atoms with E-state index in [1.165, 1.54) is 4.90 Å². The SMILES string of the molecule is CSc1cccc(Nc2cccc(SC)c2C#N)c1. The van der Waals surface area contributed by atoms with Gasteiger partial charge in [-0.2, -0.15) is 5.26 Å². The summed E-state index contributed by atoms with van der Waals surface area (Å²) in [6.45, 7) is 0. The van der Waals surface area contributed by atoms with Gasteiger partial charge in [-0.3, -0.25) is 0 Å². The lowest BCUT2D eigenvalue weighted by atomic mass is 10.2. The number of nitrogens with zero attached hydrogens (tertiary/aromatic N) is 1. The summed E-state index contributed by atoms with van der Waals surface area (Å²) >= 11 is 3.29. The van der Waals surface area contributed by atoms with Gasteiger partial charge in [-0.15, -0.1) is 23.5 Å². The van der Waals surface area contributed by atoms with Crippen LogP contribution in [0.3, 0.4) is 0 Å². The fourth-order valence-corrected chi connectivity index (χ4v) is 2.81. The molecule has 0 atom stereocenters. The lowest BCUT2D eigenvalue weighted by Crippen LogP contribution is -1.95. The van der Waals surface area contributed by atoms with Crippen LogP contribution in [-0.4, -0.2) is 12.5 Å². The normalized spacial score (nSPS) is 9.95. The maximum atomic E-state index is 9.30. The van der Waals surface area contributed by atoms with Crippen molar-refractivity contribution in [1.82, 2.24) is 0 Å². The van der Waals surface area contributed by atoms with Crippen molar-refractivity contribution in [2.24, 2.45) is 0 Å². The number of rotatable bonds is 4. The molecule has 19 heavy (non-hydrogen) atoms. The van der Waals surface area contributed by atoms with Gasteiger partial charge < -0.3 is 5.32 Å². The molecule has 0 amide bonds. The van der Waals surface area contributed by atoms with Crippen molar-refractivity contribution < 1.29 is 0 Å². The van der Waals surface area contributed by atoms with Crippen molar-refractivity contribution in [1.29, 1.82) is 5.26 Å². The molecule has 0 heterocycles. The van der Waals surface area contributed by atoms with E-state index in [9.17, 15) is 5.26 Å². The van der Waals surface area contributed by atoms with Crippen molar-refractivity contribution in [2.75, 3.05) is 17.8 Å². The van der Waals surface area contributed by atoms with Crippen molar-refractivity contribution in [2.45, 2.75) is 9.79 Å². The molecule has 2 nitrogen and oxygen atoms in total. The van der Waals surface area contributed by atoms with Crippen LogP contribution in [-0.2, 0) is 0 Å². The molecule has 2 aromatic rings. The van der Waals surface area contributed by atoms with E-state index in [2.05, 4.69) is 23.5 Å². The molecule has 1 N–H and O–H groups in total. The highest BCUT2D eigenvalue weighted by Crippen LogP contribution is 2.29. The Morgan fingerprint density at radius 1 is 1.05 bits per heavy atom. The zero-order chi connectivity index (χ0) is 13.7. The second-order valence-electron chi connectivity index (χ2n) is 3.85. The Balaban J connectivity index is 2.35. The maximum Gasteiger partial charge on any atom is 0.103 e. The van der Waals surface area contributed by atoms with E-state index in [0.29, 0.717) is 5.56 Å². The zero-order valence-corrected chi connectivity index (χ0v) is 12.4. The predicted octanol–water partition coefficient (Wildman–Crippen LogP) is 4.75. The minimum absolute atomic E-state index is 0.699. The Hall–Kier alpha value is -1.57. The monoisotopic (exact) mass is 286 g/mol. The minimum atomic E-state index is 0.699. The van der Waals surface area contributed by atoms with E-state index in [4.69, 9.17) is 0 Å². The molecule has 0 aliphatic carbocycles. The Labute approximate surface area is 122 Å². The third kappa shape index (κ3) is 3.25. The van der Waals surface area contributed by atoms with Gasteiger partial charge in [-0.05, 0) is 42.8 Å². The Kier molecular flexibility index (Phi) is 4.78. The Bertz CT molecular complexity index is 618. The van der Waals surface area contributed by atoms with Crippen molar-refractivity contribution in [3.63, 3.8) is 0 Å². The molecule has 2 aromatic carbocycles. The summed E-state index contributed by atoms with van der Waals surface area (Å²) in [6, 6.07) is 16.3. The molecule has 0 unspecified atom stereocenters. The first-order chi connectivity index (χ1) is 9.28. The van der Waals surface area contributed by atoms with Gasteiger partial charge >= 0.3 is 0 Å². The molecule has 0 aliphatic heterocycles. The second kappa shape index (κ2) is 6.55. The summed E-state index contributed by atoms with van der Waals surface area (Å²) in [5.41, 5.74) is 2.55. The quantitative estimate of drug-likeness (QED) is 0.823. The zero-order valence-electron chi connectivity index (χ0n) is 10.8. The molecule has 0 fully saturated rings. The fraction of sp³-hybridized carbons (Fsp3) is 0.133. The first-order valence-corrected chi connectivity index (χ1v) is 8.21. The van der Waals surface area contributed by atoms with Crippen LogP contribution in [0, 0.1) is 11.3 Å². The summed E-state index contributed by atoms with van der Waals surface area (Å²) < 4.78 is 0. The molecule has 96 valence electrons. The Morgan fingerprint density at radius 2 is 1.84 bits per heavy atom. The largest absolute Gasteiger partial charge is 0.354 e. The number of hydrogen-bond acceptors (Lipinski definition) is 4. The van der Waals surface area contributed by atoms with Gasteiger partial charge in [0, 0.05) is 15.5 Å². The summed E-state index contributed by atoms with van der Waals surface area (Å²) in [5, 5.41) is 12.6.